The molecule has 0 saturated carbocycles. The monoisotopic (exact) mass is 204 g/mol. The molecule has 1 saturated heterocycles. The average molecular weight is 205 g/mol. The van der Waals surface area contributed by atoms with E-state index in [4.69, 9.17) is 4.74 Å². The fourth-order valence-corrected chi connectivity index (χ4v) is 1.48. The fourth-order valence-electron chi connectivity index (χ4n) is 0.926. The van der Waals surface area contributed by atoms with Gasteiger partial charge in [0, 0.05) is 16.8 Å². The van der Waals surface area contributed by atoms with Crippen molar-refractivity contribution in [1.82, 2.24) is 0 Å². The van der Waals surface area contributed by atoms with Gasteiger partial charge in [0.1, 0.15) is 0 Å². The lowest BCUT2D eigenvalue weighted by Crippen LogP contribution is -2.02. The van der Waals surface area contributed by atoms with E-state index in [1.807, 2.05) is 0 Å². The molecular weight excluding hydrogens is 196 g/mol. The third-order valence-corrected chi connectivity index (χ3v) is 2.09. The smallest absolute Gasteiger partial charge is 0.333 e. The quantitative estimate of drug-likeness (QED) is 0.388. The van der Waals surface area contributed by atoms with Gasteiger partial charge in [0.15, 0.2) is 0 Å². The van der Waals surface area contributed by atoms with Crippen molar-refractivity contribution in [3.05, 3.63) is 12.2 Å². The van der Waals surface area contributed by atoms with Crippen molar-refractivity contribution in [2.24, 2.45) is 5.92 Å². The Bertz CT molecular complexity index is 165. The summed E-state index contributed by atoms with van der Waals surface area (Å²) in [7, 11) is 0. The highest BCUT2D eigenvalue weighted by Crippen LogP contribution is 2.22. The van der Waals surface area contributed by atoms with Gasteiger partial charge in [0.25, 0.3) is 0 Å². The molecule has 1 heterocycles. The summed E-state index contributed by atoms with van der Waals surface area (Å²) in [4.78, 5) is 10.7. The van der Waals surface area contributed by atoms with Crippen LogP contribution in [-0.2, 0) is 9.53 Å². The van der Waals surface area contributed by atoms with Gasteiger partial charge in [-0.05, 0) is 6.42 Å². The molecule has 0 radical (unpaired) electrons. The van der Waals surface area contributed by atoms with Gasteiger partial charge in [-0.1, -0.05) is 22.5 Å². The number of carbonyl (C=O) groups is 1. The molecule has 0 amide bonds. The average Bonchev–Trinajstić information content (AvgIpc) is 2.20. The molecule has 1 aliphatic heterocycles. The van der Waals surface area contributed by atoms with Crippen LogP contribution < -0.4 is 0 Å². The first kappa shape index (κ1) is 7.79. The van der Waals surface area contributed by atoms with Gasteiger partial charge < -0.3 is 4.74 Å². The van der Waals surface area contributed by atoms with Gasteiger partial charge >= 0.3 is 5.97 Å². The van der Waals surface area contributed by atoms with Crippen LogP contribution in [0.2, 0.25) is 0 Å². The fraction of sp³-hybridized carbons (Fsp3) is 0.571. The zero-order valence-electron chi connectivity index (χ0n) is 5.60. The van der Waals surface area contributed by atoms with E-state index in [9.17, 15) is 4.79 Å². The highest BCUT2D eigenvalue weighted by molar-refractivity contribution is 9.09. The van der Waals surface area contributed by atoms with Crippen LogP contribution in [0.25, 0.3) is 0 Å². The van der Waals surface area contributed by atoms with Gasteiger partial charge in [-0.2, -0.15) is 0 Å². The summed E-state index contributed by atoms with van der Waals surface area (Å²) < 4.78 is 4.77. The molecule has 1 atom stereocenters. The molecule has 1 aliphatic rings. The Morgan fingerprint density at radius 2 is 2.50 bits per heavy atom. The summed E-state index contributed by atoms with van der Waals surface area (Å²) in [6.45, 7) is 4.16. The van der Waals surface area contributed by atoms with Crippen LogP contribution in [0, 0.1) is 5.92 Å². The van der Waals surface area contributed by atoms with E-state index >= 15 is 0 Å². The van der Waals surface area contributed by atoms with Crippen molar-refractivity contribution >= 4 is 21.9 Å². The van der Waals surface area contributed by atoms with Crippen LogP contribution >= 0.6 is 15.9 Å². The topological polar surface area (TPSA) is 26.3 Å². The van der Waals surface area contributed by atoms with E-state index in [0.29, 0.717) is 12.2 Å². The van der Waals surface area contributed by atoms with Gasteiger partial charge in [-0.25, -0.2) is 4.79 Å². The van der Waals surface area contributed by atoms with Crippen LogP contribution in [0.3, 0.4) is 0 Å². The molecule has 2 nitrogen and oxygen atoms in total. The predicted molar refractivity (Wildman–Crippen MR) is 42.0 cm³/mol. The minimum Gasteiger partial charge on any atom is -0.462 e. The van der Waals surface area contributed by atoms with Crippen molar-refractivity contribution in [3.8, 4) is 0 Å². The van der Waals surface area contributed by atoms with Crippen molar-refractivity contribution in [2.75, 3.05) is 11.9 Å². The normalized spacial score (nSPS) is 25.1. The summed E-state index contributed by atoms with van der Waals surface area (Å²) in [6, 6.07) is 0. The SMILES string of the molecule is C=C1C(=O)OC[C@@H]1CCBr. The highest BCUT2D eigenvalue weighted by atomic mass is 79.9. The molecule has 1 rings (SSSR count). The Morgan fingerprint density at radius 1 is 1.80 bits per heavy atom. The summed E-state index contributed by atoms with van der Waals surface area (Å²) in [6.07, 6.45) is 0.935. The Kier molecular flexibility index (Phi) is 2.49. The number of cyclic esters (lactones) is 1. The first-order valence-corrected chi connectivity index (χ1v) is 4.29. The molecule has 0 spiro atoms. The second-order valence-electron chi connectivity index (χ2n) is 2.30. The molecule has 3 heteroatoms. The van der Waals surface area contributed by atoms with Crippen LogP contribution in [0.15, 0.2) is 12.2 Å². The maximum atomic E-state index is 10.7. The van der Waals surface area contributed by atoms with E-state index in [0.717, 1.165) is 11.8 Å². The predicted octanol–water partition coefficient (Wildman–Crippen LogP) is 1.50. The molecule has 0 bridgehead atoms. The largest absolute Gasteiger partial charge is 0.462 e. The zero-order chi connectivity index (χ0) is 7.56. The minimum atomic E-state index is -0.231. The van der Waals surface area contributed by atoms with Crippen LogP contribution in [0.4, 0.5) is 0 Å². The summed E-state index contributed by atoms with van der Waals surface area (Å²) in [5, 5.41) is 0.896. The molecule has 0 N–H and O–H groups in total. The number of esters is 1. The summed E-state index contributed by atoms with van der Waals surface area (Å²) in [5.41, 5.74) is 0.624. The molecule has 0 aromatic heterocycles. The van der Waals surface area contributed by atoms with Gasteiger partial charge in [0.2, 0.25) is 0 Å². The Balaban J connectivity index is 2.49. The summed E-state index contributed by atoms with van der Waals surface area (Å²) >= 11 is 3.30. The third kappa shape index (κ3) is 1.40. The van der Waals surface area contributed by atoms with E-state index in [1.54, 1.807) is 0 Å². The lowest BCUT2D eigenvalue weighted by molar-refractivity contribution is -0.135. The molecule has 0 aliphatic carbocycles. The highest BCUT2D eigenvalue weighted by Gasteiger charge is 2.27. The lowest BCUT2D eigenvalue weighted by Gasteiger charge is -2.01. The summed E-state index contributed by atoms with van der Waals surface area (Å²) in [5.74, 6) is 0.0119. The Hall–Kier alpha value is -0.310. The number of carbonyl (C=O) groups excluding carboxylic acids is 1. The van der Waals surface area contributed by atoms with Crippen LogP contribution in [-0.4, -0.2) is 17.9 Å². The van der Waals surface area contributed by atoms with Crippen molar-refractivity contribution in [3.63, 3.8) is 0 Å². The van der Waals surface area contributed by atoms with Crippen molar-refractivity contribution in [2.45, 2.75) is 6.42 Å². The molecule has 1 fully saturated rings. The van der Waals surface area contributed by atoms with E-state index in [2.05, 4.69) is 22.5 Å². The van der Waals surface area contributed by atoms with Crippen molar-refractivity contribution < 1.29 is 9.53 Å². The molecule has 0 unspecified atom stereocenters. The number of hydrogen-bond acceptors (Lipinski definition) is 2. The first-order valence-electron chi connectivity index (χ1n) is 3.17. The van der Waals surface area contributed by atoms with E-state index in [-0.39, 0.29) is 11.9 Å². The van der Waals surface area contributed by atoms with Gasteiger partial charge in [0.05, 0.1) is 6.61 Å². The van der Waals surface area contributed by atoms with Crippen LogP contribution in [0.1, 0.15) is 6.42 Å². The molecule has 0 aromatic rings. The number of ether oxygens (including phenoxy) is 1. The first-order chi connectivity index (χ1) is 4.75. The number of alkyl halides is 1. The Morgan fingerprint density at radius 3 is 2.90 bits per heavy atom. The maximum absolute atomic E-state index is 10.7. The standard InChI is InChI=1S/C7H9BrO2/c1-5-6(2-3-8)4-10-7(5)9/h6H,1-4H2/t6-/m0/s1. The molecule has 10 heavy (non-hydrogen) atoms. The minimum absolute atomic E-state index is 0.231. The molecule has 56 valence electrons. The maximum Gasteiger partial charge on any atom is 0.333 e. The van der Waals surface area contributed by atoms with E-state index < -0.39 is 0 Å². The second-order valence-corrected chi connectivity index (χ2v) is 3.09. The number of halogens is 1. The number of rotatable bonds is 2. The Labute approximate surface area is 68.4 Å². The number of hydrogen-bond donors (Lipinski definition) is 0. The zero-order valence-corrected chi connectivity index (χ0v) is 7.19. The van der Waals surface area contributed by atoms with Gasteiger partial charge in [-0.3, -0.25) is 0 Å². The van der Waals surface area contributed by atoms with Crippen molar-refractivity contribution in [1.29, 1.82) is 0 Å². The third-order valence-electron chi connectivity index (χ3n) is 1.63. The molecular formula is C7H9BrO2. The van der Waals surface area contributed by atoms with E-state index in [1.165, 1.54) is 0 Å². The lowest BCUT2D eigenvalue weighted by atomic mass is 10.0. The molecule has 0 aromatic carbocycles. The second kappa shape index (κ2) is 3.19. The van der Waals surface area contributed by atoms with Gasteiger partial charge in [-0.15, -0.1) is 0 Å². The van der Waals surface area contributed by atoms with Crippen LogP contribution in [0.5, 0.6) is 0 Å².